The first-order chi connectivity index (χ1) is 13.9. The van der Waals surface area contributed by atoms with Gasteiger partial charge in [0.1, 0.15) is 5.82 Å². The van der Waals surface area contributed by atoms with Crippen LogP contribution in [0.4, 0.5) is 17.5 Å². The van der Waals surface area contributed by atoms with Crippen LogP contribution in [0.1, 0.15) is 48.6 Å². The first-order valence-electron chi connectivity index (χ1n) is 10.2. The van der Waals surface area contributed by atoms with Crippen molar-refractivity contribution in [1.29, 1.82) is 0 Å². The summed E-state index contributed by atoms with van der Waals surface area (Å²) in [7, 11) is 2.08. The quantitative estimate of drug-likeness (QED) is 0.550. The van der Waals surface area contributed by atoms with Gasteiger partial charge in [-0.15, -0.1) is 0 Å². The molecule has 3 N–H and O–H groups in total. The smallest absolute Gasteiger partial charge is 0.222 e. The minimum atomic E-state index is 0.288. The minimum Gasteiger partial charge on any atom is -0.368 e. The maximum absolute atomic E-state index is 6.01. The molecule has 5 nitrogen and oxygen atoms in total. The molecule has 0 aliphatic rings. The molecule has 0 spiro atoms. The Labute approximate surface area is 174 Å². The molecule has 0 aliphatic carbocycles. The number of nitrogens with zero attached hydrogens (tertiary/aromatic N) is 3. The van der Waals surface area contributed by atoms with Gasteiger partial charge < -0.3 is 11.1 Å². The number of anilines is 3. The first-order valence-corrected chi connectivity index (χ1v) is 10.2. The lowest BCUT2D eigenvalue weighted by molar-refractivity contribution is 0.315. The van der Waals surface area contributed by atoms with Gasteiger partial charge in [-0.2, -0.15) is 4.98 Å². The molecular weight excluding hydrogens is 358 g/mol. The molecule has 0 amide bonds. The van der Waals surface area contributed by atoms with Crippen LogP contribution in [0.15, 0.2) is 54.6 Å². The van der Waals surface area contributed by atoms with Crippen LogP contribution in [0, 0.1) is 6.92 Å². The Balaban J connectivity index is 1.78. The lowest BCUT2D eigenvalue weighted by atomic mass is 9.95. The van der Waals surface area contributed by atoms with E-state index in [0.29, 0.717) is 12.5 Å². The zero-order chi connectivity index (χ0) is 20.8. The second-order valence-corrected chi connectivity index (χ2v) is 7.79. The largest absolute Gasteiger partial charge is 0.368 e. The molecule has 2 aromatic carbocycles. The normalized spacial score (nSPS) is 12.2. The second kappa shape index (κ2) is 9.52. The highest BCUT2D eigenvalue weighted by Crippen LogP contribution is 2.30. The Morgan fingerprint density at radius 3 is 2.52 bits per heavy atom. The van der Waals surface area contributed by atoms with E-state index < -0.39 is 0 Å². The number of benzene rings is 2. The van der Waals surface area contributed by atoms with E-state index in [0.717, 1.165) is 30.2 Å². The number of nitrogens with one attached hydrogen (secondary N) is 1. The van der Waals surface area contributed by atoms with Crippen LogP contribution < -0.4 is 11.1 Å². The van der Waals surface area contributed by atoms with Crippen molar-refractivity contribution in [2.75, 3.05) is 18.1 Å². The SMILES string of the molecule is CCC(C)c1ccc(C)cc1Nc1cc(CN(C)Cc2ccccc2)nc(N)n1. The molecule has 0 saturated carbocycles. The lowest BCUT2D eigenvalue weighted by Crippen LogP contribution is -2.18. The predicted octanol–water partition coefficient (Wildman–Crippen LogP) is 5.26. The maximum Gasteiger partial charge on any atom is 0.222 e. The van der Waals surface area contributed by atoms with Gasteiger partial charge in [-0.25, -0.2) is 4.98 Å². The van der Waals surface area contributed by atoms with Gasteiger partial charge in [0, 0.05) is 24.8 Å². The van der Waals surface area contributed by atoms with Gasteiger partial charge in [-0.1, -0.05) is 56.3 Å². The van der Waals surface area contributed by atoms with Crippen molar-refractivity contribution < 1.29 is 0 Å². The van der Waals surface area contributed by atoms with E-state index in [1.165, 1.54) is 16.7 Å². The van der Waals surface area contributed by atoms with E-state index in [4.69, 9.17) is 5.73 Å². The maximum atomic E-state index is 6.01. The molecule has 0 radical (unpaired) electrons. The average Bonchev–Trinajstić information content (AvgIpc) is 2.67. The Bertz CT molecular complexity index is 939. The standard InChI is InChI=1S/C24H31N5/c1-5-18(3)21-12-11-17(2)13-22(21)27-23-14-20(26-24(25)28-23)16-29(4)15-19-9-7-6-8-10-19/h6-14,18H,5,15-16H2,1-4H3,(H3,25,26,27,28). The van der Waals surface area contributed by atoms with E-state index in [9.17, 15) is 0 Å². The molecule has 1 heterocycles. The van der Waals surface area contributed by atoms with E-state index in [1.54, 1.807) is 0 Å². The predicted molar refractivity (Wildman–Crippen MR) is 121 cm³/mol. The van der Waals surface area contributed by atoms with Crippen LogP contribution in [-0.4, -0.2) is 21.9 Å². The summed E-state index contributed by atoms with van der Waals surface area (Å²) in [6.45, 7) is 8.10. The molecule has 5 heteroatoms. The number of nitrogen functional groups attached to an aromatic ring is 1. The fraction of sp³-hybridized carbons (Fsp3) is 0.333. The number of aryl methyl sites for hydroxylation is 1. The third-order valence-corrected chi connectivity index (χ3v) is 5.14. The van der Waals surface area contributed by atoms with Crippen molar-refractivity contribution in [1.82, 2.24) is 14.9 Å². The Hall–Kier alpha value is -2.92. The molecule has 3 rings (SSSR count). The number of rotatable bonds is 8. The third-order valence-electron chi connectivity index (χ3n) is 5.14. The molecule has 0 fully saturated rings. The zero-order valence-corrected chi connectivity index (χ0v) is 17.8. The van der Waals surface area contributed by atoms with Gasteiger partial charge >= 0.3 is 0 Å². The van der Waals surface area contributed by atoms with Crippen molar-refractivity contribution in [3.8, 4) is 0 Å². The summed E-state index contributed by atoms with van der Waals surface area (Å²) in [6, 6.07) is 18.9. The van der Waals surface area contributed by atoms with Crippen molar-refractivity contribution >= 4 is 17.5 Å². The fourth-order valence-corrected chi connectivity index (χ4v) is 3.46. The van der Waals surface area contributed by atoms with Crippen LogP contribution >= 0.6 is 0 Å². The number of aromatic nitrogens is 2. The molecule has 0 bridgehead atoms. The summed E-state index contributed by atoms with van der Waals surface area (Å²) in [5, 5.41) is 3.48. The van der Waals surface area contributed by atoms with E-state index in [1.807, 2.05) is 12.1 Å². The topological polar surface area (TPSA) is 67.1 Å². The molecular formula is C24H31N5. The second-order valence-electron chi connectivity index (χ2n) is 7.79. The molecule has 1 atom stereocenters. The lowest BCUT2D eigenvalue weighted by Gasteiger charge is -2.19. The Kier molecular flexibility index (Phi) is 6.83. The van der Waals surface area contributed by atoms with Gasteiger partial charge in [0.25, 0.3) is 0 Å². The highest BCUT2D eigenvalue weighted by Gasteiger charge is 2.12. The van der Waals surface area contributed by atoms with Crippen molar-refractivity contribution in [3.63, 3.8) is 0 Å². The van der Waals surface area contributed by atoms with Crippen molar-refractivity contribution in [3.05, 3.63) is 77.0 Å². The average molecular weight is 390 g/mol. The zero-order valence-electron chi connectivity index (χ0n) is 17.8. The summed E-state index contributed by atoms with van der Waals surface area (Å²) in [5.41, 5.74) is 11.8. The van der Waals surface area contributed by atoms with Gasteiger partial charge in [0.15, 0.2) is 0 Å². The number of nitrogens with two attached hydrogens (primary N) is 1. The van der Waals surface area contributed by atoms with Crippen LogP contribution in [0.25, 0.3) is 0 Å². The number of hydrogen-bond acceptors (Lipinski definition) is 5. The fourth-order valence-electron chi connectivity index (χ4n) is 3.46. The Morgan fingerprint density at radius 1 is 1.03 bits per heavy atom. The summed E-state index contributed by atoms with van der Waals surface area (Å²) >= 11 is 0. The summed E-state index contributed by atoms with van der Waals surface area (Å²) in [6.07, 6.45) is 1.08. The summed E-state index contributed by atoms with van der Waals surface area (Å²) in [4.78, 5) is 11.1. The monoisotopic (exact) mass is 389 g/mol. The molecule has 0 aliphatic heterocycles. The van der Waals surface area contributed by atoms with E-state index in [-0.39, 0.29) is 5.95 Å². The van der Waals surface area contributed by atoms with Gasteiger partial charge in [0.2, 0.25) is 5.95 Å². The molecule has 3 aromatic rings. The van der Waals surface area contributed by atoms with E-state index >= 15 is 0 Å². The molecule has 0 saturated heterocycles. The van der Waals surface area contributed by atoms with Crippen LogP contribution in [-0.2, 0) is 13.1 Å². The first kappa shape index (κ1) is 20.8. The molecule has 29 heavy (non-hydrogen) atoms. The van der Waals surface area contributed by atoms with Crippen LogP contribution in [0.5, 0.6) is 0 Å². The van der Waals surface area contributed by atoms with E-state index in [2.05, 4.69) is 90.5 Å². The van der Waals surface area contributed by atoms with Crippen molar-refractivity contribution in [2.24, 2.45) is 0 Å². The van der Waals surface area contributed by atoms with Crippen molar-refractivity contribution in [2.45, 2.75) is 46.2 Å². The minimum absolute atomic E-state index is 0.288. The molecule has 1 aromatic heterocycles. The van der Waals surface area contributed by atoms with Gasteiger partial charge in [0.05, 0.1) is 5.69 Å². The summed E-state index contributed by atoms with van der Waals surface area (Å²) < 4.78 is 0. The highest BCUT2D eigenvalue weighted by atomic mass is 15.1. The highest BCUT2D eigenvalue weighted by molar-refractivity contribution is 5.63. The van der Waals surface area contributed by atoms with Crippen LogP contribution in [0.3, 0.4) is 0 Å². The third kappa shape index (κ3) is 5.78. The Morgan fingerprint density at radius 2 is 1.79 bits per heavy atom. The molecule has 152 valence electrons. The molecule has 1 unspecified atom stereocenters. The van der Waals surface area contributed by atoms with Crippen LogP contribution in [0.2, 0.25) is 0 Å². The van der Waals surface area contributed by atoms with Gasteiger partial charge in [-0.3, -0.25) is 4.90 Å². The van der Waals surface area contributed by atoms with Gasteiger partial charge in [-0.05, 0) is 49.1 Å². The summed E-state index contributed by atoms with van der Waals surface area (Å²) in [5.74, 6) is 1.49. The number of hydrogen-bond donors (Lipinski definition) is 2.